The monoisotopic (exact) mass is 703 g/mol. The first-order chi connectivity index (χ1) is 21.7. The molecule has 3 aromatic carbocycles. The zero-order chi connectivity index (χ0) is 31.1. The maximum atomic E-state index is 14.1. The van der Waals surface area contributed by atoms with Crippen molar-refractivity contribution in [2.24, 2.45) is 29.6 Å². The molecule has 0 radical (unpaired) electrons. The van der Waals surface area contributed by atoms with Crippen LogP contribution in [0.3, 0.4) is 0 Å². The molecule has 3 fully saturated rings. The summed E-state index contributed by atoms with van der Waals surface area (Å²) < 4.78 is 7.36. The van der Waals surface area contributed by atoms with Crippen molar-refractivity contribution in [3.63, 3.8) is 0 Å². The Hall–Kier alpha value is -3.74. The van der Waals surface area contributed by atoms with E-state index < -0.39 is 16.8 Å². The lowest BCUT2D eigenvalue weighted by Gasteiger charge is -2.43. The standard InChI is InChI=1S/C33H26BrN3O6S2/c1-15-3-2-4-16(11-15)14-43-23-10-5-17(34)12-20(23)24-25-21-13-22(28(25)44-30-29(24)45-33(40)35-30)27-26(21)31(38)36(32(27)39)18-6-8-19(9-7-18)37(41)42/h2-12,21-22,24-28H,13-14H2,1H3,(H,35,40)/t21-,22-,24?,25?,26?,27?,28?/m1/s1. The Morgan fingerprint density at radius 1 is 1.02 bits per heavy atom. The first-order valence-corrected chi connectivity index (χ1v) is 17.2. The number of carbonyl (C=O) groups is 2. The molecule has 2 aliphatic carbocycles. The number of benzene rings is 3. The Balaban J connectivity index is 1.18. The number of amides is 2. The van der Waals surface area contributed by atoms with Gasteiger partial charge in [0.1, 0.15) is 12.4 Å². The van der Waals surface area contributed by atoms with Gasteiger partial charge in [-0.1, -0.05) is 57.1 Å². The third-order valence-electron chi connectivity index (χ3n) is 9.83. The number of nitrogens with zero attached hydrogens (tertiary/aromatic N) is 2. The number of anilines is 1. The second kappa shape index (κ2) is 10.7. The number of aromatic nitrogens is 1. The van der Waals surface area contributed by atoms with Crippen LogP contribution in [0.1, 0.15) is 33.9 Å². The van der Waals surface area contributed by atoms with Gasteiger partial charge in [0.25, 0.3) is 5.69 Å². The Morgan fingerprint density at radius 2 is 1.78 bits per heavy atom. The highest BCUT2D eigenvalue weighted by atomic mass is 79.9. The summed E-state index contributed by atoms with van der Waals surface area (Å²) in [6.07, 6.45) is 0.756. The fourth-order valence-electron chi connectivity index (χ4n) is 8.20. The molecule has 3 heterocycles. The van der Waals surface area contributed by atoms with Gasteiger partial charge in [-0.25, -0.2) is 0 Å². The van der Waals surface area contributed by atoms with Crippen molar-refractivity contribution < 1.29 is 19.2 Å². The van der Waals surface area contributed by atoms with Gasteiger partial charge in [0.15, 0.2) is 0 Å². The van der Waals surface area contributed by atoms with Gasteiger partial charge < -0.3 is 9.72 Å². The van der Waals surface area contributed by atoms with Gasteiger partial charge in [0, 0.05) is 38.2 Å². The zero-order valence-electron chi connectivity index (χ0n) is 23.8. The highest BCUT2D eigenvalue weighted by Crippen LogP contribution is 2.69. The van der Waals surface area contributed by atoms with Gasteiger partial charge >= 0.3 is 4.87 Å². The van der Waals surface area contributed by atoms with E-state index in [-0.39, 0.29) is 51.3 Å². The summed E-state index contributed by atoms with van der Waals surface area (Å²) in [7, 11) is 0. The van der Waals surface area contributed by atoms with E-state index >= 15 is 0 Å². The average molecular weight is 705 g/mol. The number of nitrogens with one attached hydrogen (secondary N) is 1. The molecule has 0 spiro atoms. The predicted molar refractivity (Wildman–Crippen MR) is 174 cm³/mol. The third kappa shape index (κ3) is 4.51. The Bertz CT molecular complexity index is 1960. The normalized spacial score (nSPS) is 27.8. The number of non-ortho nitro benzene ring substituents is 1. The number of fused-ring (bicyclic) bond motifs is 9. The number of thiazole rings is 1. The molecule has 2 bridgehead atoms. The SMILES string of the molecule is Cc1cccc(COc2ccc(Br)cc2C2c3sc(=O)[nH]c3SC3C2[C@H]2C[C@@H]3C3C(=O)N(c4ccc([N+](=O)[O-])cc4)C(=O)C32)c1. The first-order valence-electron chi connectivity index (χ1n) is 14.7. The highest BCUT2D eigenvalue weighted by molar-refractivity contribution is 9.10. The molecule has 7 atom stereocenters. The first kappa shape index (κ1) is 28.7. The van der Waals surface area contributed by atoms with Crippen LogP contribution >= 0.6 is 39.0 Å². The minimum atomic E-state index is -0.502. The molecule has 45 heavy (non-hydrogen) atoms. The van der Waals surface area contributed by atoms with Crippen LogP contribution in [0.2, 0.25) is 0 Å². The molecule has 4 aliphatic rings. The van der Waals surface area contributed by atoms with Crippen molar-refractivity contribution in [2.75, 3.05) is 4.90 Å². The second-order valence-electron chi connectivity index (χ2n) is 12.2. The number of ether oxygens (including phenoxy) is 1. The van der Waals surface area contributed by atoms with Crippen molar-refractivity contribution >= 4 is 62.2 Å². The summed E-state index contributed by atoms with van der Waals surface area (Å²) >= 11 is 6.50. The molecule has 4 aromatic rings. The van der Waals surface area contributed by atoms with E-state index in [1.165, 1.54) is 40.5 Å². The van der Waals surface area contributed by atoms with E-state index in [0.29, 0.717) is 12.3 Å². The number of H-pyrrole nitrogens is 1. The Morgan fingerprint density at radius 3 is 2.51 bits per heavy atom. The highest BCUT2D eigenvalue weighted by Gasteiger charge is 2.69. The summed E-state index contributed by atoms with van der Waals surface area (Å²) in [5.41, 5.74) is 3.42. The third-order valence-corrected chi connectivity index (χ3v) is 12.9. The zero-order valence-corrected chi connectivity index (χ0v) is 27.1. The van der Waals surface area contributed by atoms with Crippen molar-refractivity contribution in [3.8, 4) is 5.75 Å². The molecule has 2 amide bonds. The molecule has 1 saturated heterocycles. The lowest BCUT2D eigenvalue weighted by Crippen LogP contribution is -2.42. The van der Waals surface area contributed by atoms with Crippen LogP contribution in [0.25, 0.3) is 0 Å². The molecular formula is C33H26BrN3O6S2. The number of hydrogen-bond donors (Lipinski definition) is 1. The van der Waals surface area contributed by atoms with Gasteiger partial charge in [0.05, 0.1) is 27.5 Å². The van der Waals surface area contributed by atoms with Gasteiger partial charge in [-0.05, 0) is 67.0 Å². The number of thioether (sulfide) groups is 1. The molecule has 2 saturated carbocycles. The summed E-state index contributed by atoms with van der Waals surface area (Å²) in [6, 6.07) is 19.7. The number of nitro groups is 1. The number of halogens is 1. The molecule has 12 heteroatoms. The van der Waals surface area contributed by atoms with E-state index in [1.807, 2.05) is 37.3 Å². The number of imide groups is 1. The van der Waals surface area contributed by atoms with Crippen LogP contribution in [-0.2, 0) is 16.2 Å². The fourth-order valence-corrected chi connectivity index (χ4v) is 11.5. The molecule has 5 unspecified atom stereocenters. The smallest absolute Gasteiger partial charge is 0.305 e. The number of hydrogen-bond acceptors (Lipinski definition) is 8. The molecule has 8 rings (SSSR count). The van der Waals surface area contributed by atoms with E-state index in [9.17, 15) is 24.5 Å². The van der Waals surface area contributed by atoms with Crippen molar-refractivity contribution in [1.82, 2.24) is 4.98 Å². The quantitative estimate of drug-likeness (QED) is 0.135. The van der Waals surface area contributed by atoms with E-state index in [1.54, 1.807) is 11.8 Å². The maximum absolute atomic E-state index is 14.1. The van der Waals surface area contributed by atoms with Gasteiger partial charge in [0.2, 0.25) is 11.8 Å². The largest absolute Gasteiger partial charge is 0.489 e. The second-order valence-corrected chi connectivity index (χ2v) is 15.3. The summed E-state index contributed by atoms with van der Waals surface area (Å²) in [5.74, 6) is -1.02. The number of rotatable bonds is 6. The Labute approximate surface area is 274 Å². The van der Waals surface area contributed by atoms with Crippen LogP contribution in [0.4, 0.5) is 11.4 Å². The van der Waals surface area contributed by atoms with Crippen LogP contribution in [-0.4, -0.2) is 27.0 Å². The molecule has 1 N–H and O–H groups in total. The van der Waals surface area contributed by atoms with E-state index in [2.05, 4.69) is 33.0 Å². The number of carbonyl (C=O) groups excluding carboxylic acids is 2. The number of aryl methyl sites for hydroxylation is 1. The van der Waals surface area contributed by atoms with Crippen molar-refractivity contribution in [3.05, 3.63) is 113 Å². The summed E-state index contributed by atoms with van der Waals surface area (Å²) in [6.45, 7) is 2.43. The minimum Gasteiger partial charge on any atom is -0.489 e. The predicted octanol–water partition coefficient (Wildman–Crippen LogP) is 6.67. The maximum Gasteiger partial charge on any atom is 0.305 e. The molecule has 1 aromatic heterocycles. The van der Waals surface area contributed by atoms with Crippen LogP contribution in [0.5, 0.6) is 5.75 Å². The average Bonchev–Trinajstić information content (AvgIpc) is 3.75. The number of aromatic amines is 1. The topological polar surface area (TPSA) is 123 Å². The van der Waals surface area contributed by atoms with Crippen LogP contribution in [0.15, 0.2) is 81.0 Å². The fraction of sp³-hybridized carbons (Fsp3) is 0.303. The van der Waals surface area contributed by atoms with Crippen molar-refractivity contribution in [2.45, 2.75) is 36.1 Å². The summed E-state index contributed by atoms with van der Waals surface area (Å²) in [5, 5.41) is 12.0. The van der Waals surface area contributed by atoms with Crippen LogP contribution < -0.4 is 14.5 Å². The summed E-state index contributed by atoms with van der Waals surface area (Å²) in [4.78, 5) is 56.5. The van der Waals surface area contributed by atoms with Gasteiger partial charge in [-0.3, -0.25) is 29.4 Å². The number of nitro benzene ring substituents is 1. The lowest BCUT2D eigenvalue weighted by molar-refractivity contribution is -0.384. The molecule has 228 valence electrons. The van der Waals surface area contributed by atoms with E-state index in [4.69, 9.17) is 4.74 Å². The van der Waals surface area contributed by atoms with E-state index in [0.717, 1.165) is 43.2 Å². The Kier molecular flexibility index (Phi) is 6.81. The molecular weight excluding hydrogens is 678 g/mol. The van der Waals surface area contributed by atoms with Crippen LogP contribution in [0, 0.1) is 46.6 Å². The molecule has 9 nitrogen and oxygen atoms in total. The lowest BCUT2D eigenvalue weighted by atomic mass is 9.68. The minimum absolute atomic E-state index is 0.00406. The van der Waals surface area contributed by atoms with Gasteiger partial charge in [-0.2, -0.15) is 0 Å². The van der Waals surface area contributed by atoms with Gasteiger partial charge in [-0.15, -0.1) is 11.8 Å². The molecule has 2 aliphatic heterocycles. The van der Waals surface area contributed by atoms with Crippen molar-refractivity contribution in [1.29, 1.82) is 0 Å².